The van der Waals surface area contributed by atoms with Gasteiger partial charge in [0.1, 0.15) is 0 Å². The molecular weight excluding hydrogens is 236 g/mol. The highest BCUT2D eigenvalue weighted by Gasteiger charge is 2.19. The molecule has 0 bridgehead atoms. The monoisotopic (exact) mass is 264 g/mol. The van der Waals surface area contributed by atoms with Crippen molar-refractivity contribution in [1.29, 1.82) is 0 Å². The van der Waals surface area contributed by atoms with Crippen LogP contribution in [0, 0.1) is 12.8 Å². The van der Waals surface area contributed by atoms with Crippen LogP contribution in [0.1, 0.15) is 38.1 Å². The SMILES string of the molecule is Cc1cc(CN2CCCNC(CC(C)C)C2)n(C)n1. The molecule has 108 valence electrons. The van der Waals surface area contributed by atoms with Gasteiger partial charge in [-0.15, -0.1) is 0 Å². The Morgan fingerprint density at radius 2 is 2.26 bits per heavy atom. The Labute approximate surface area is 117 Å². The van der Waals surface area contributed by atoms with Crippen molar-refractivity contribution >= 4 is 0 Å². The van der Waals surface area contributed by atoms with Gasteiger partial charge >= 0.3 is 0 Å². The maximum absolute atomic E-state index is 4.44. The van der Waals surface area contributed by atoms with E-state index in [1.54, 1.807) is 0 Å². The molecule has 19 heavy (non-hydrogen) atoms. The Bertz CT molecular complexity index is 397. The first-order valence-electron chi connectivity index (χ1n) is 7.50. The molecule has 1 aliphatic rings. The number of nitrogens with zero attached hydrogens (tertiary/aromatic N) is 3. The molecule has 0 spiro atoms. The van der Waals surface area contributed by atoms with E-state index in [2.05, 4.69) is 42.2 Å². The minimum Gasteiger partial charge on any atom is -0.313 e. The van der Waals surface area contributed by atoms with Crippen LogP contribution in [0.5, 0.6) is 0 Å². The van der Waals surface area contributed by atoms with Crippen LogP contribution >= 0.6 is 0 Å². The zero-order valence-corrected chi connectivity index (χ0v) is 12.8. The molecule has 4 heteroatoms. The van der Waals surface area contributed by atoms with Crippen molar-refractivity contribution in [2.45, 2.75) is 46.2 Å². The lowest BCUT2D eigenvalue weighted by molar-refractivity contribution is 0.242. The van der Waals surface area contributed by atoms with Gasteiger partial charge in [-0.1, -0.05) is 13.8 Å². The highest BCUT2D eigenvalue weighted by molar-refractivity contribution is 5.08. The van der Waals surface area contributed by atoms with Gasteiger partial charge in [0.2, 0.25) is 0 Å². The molecule has 1 saturated heterocycles. The van der Waals surface area contributed by atoms with Crippen LogP contribution in [0.15, 0.2) is 6.07 Å². The van der Waals surface area contributed by atoms with E-state index in [1.165, 1.54) is 25.1 Å². The highest BCUT2D eigenvalue weighted by Crippen LogP contribution is 2.13. The largest absolute Gasteiger partial charge is 0.313 e. The summed E-state index contributed by atoms with van der Waals surface area (Å²) in [5.74, 6) is 0.761. The van der Waals surface area contributed by atoms with Crippen molar-refractivity contribution in [3.05, 3.63) is 17.5 Å². The summed E-state index contributed by atoms with van der Waals surface area (Å²) >= 11 is 0. The second-order valence-corrected chi connectivity index (χ2v) is 6.27. The predicted octanol–water partition coefficient (Wildman–Crippen LogP) is 1.94. The molecule has 0 amide bonds. The lowest BCUT2D eigenvalue weighted by Gasteiger charge is -2.25. The maximum Gasteiger partial charge on any atom is 0.0597 e. The summed E-state index contributed by atoms with van der Waals surface area (Å²) in [4.78, 5) is 2.57. The zero-order chi connectivity index (χ0) is 13.8. The Hall–Kier alpha value is -0.870. The minimum absolute atomic E-state index is 0.636. The van der Waals surface area contributed by atoms with E-state index in [0.717, 1.165) is 31.2 Å². The predicted molar refractivity (Wildman–Crippen MR) is 79.1 cm³/mol. The normalized spacial score (nSPS) is 21.8. The van der Waals surface area contributed by atoms with Crippen molar-refractivity contribution in [3.63, 3.8) is 0 Å². The molecule has 0 aliphatic carbocycles. The third kappa shape index (κ3) is 4.32. The summed E-state index contributed by atoms with van der Waals surface area (Å²) in [5, 5.41) is 8.13. The molecule has 4 nitrogen and oxygen atoms in total. The number of hydrogen-bond donors (Lipinski definition) is 1. The molecule has 1 atom stereocenters. The van der Waals surface area contributed by atoms with Gasteiger partial charge in [-0.05, 0) is 44.8 Å². The van der Waals surface area contributed by atoms with Gasteiger partial charge in [-0.25, -0.2) is 0 Å². The van der Waals surface area contributed by atoms with Gasteiger partial charge in [0, 0.05) is 26.2 Å². The van der Waals surface area contributed by atoms with Crippen molar-refractivity contribution in [2.75, 3.05) is 19.6 Å². The number of nitrogens with one attached hydrogen (secondary N) is 1. The quantitative estimate of drug-likeness (QED) is 0.902. The molecule has 0 aromatic carbocycles. The molecule has 2 rings (SSSR count). The Kier molecular flexibility index (Phi) is 4.99. The first-order valence-corrected chi connectivity index (χ1v) is 7.50. The lowest BCUT2D eigenvalue weighted by Crippen LogP contribution is -2.38. The van der Waals surface area contributed by atoms with E-state index in [9.17, 15) is 0 Å². The number of aromatic nitrogens is 2. The average Bonchev–Trinajstić information content (AvgIpc) is 2.50. The molecule has 0 saturated carbocycles. The highest BCUT2D eigenvalue weighted by atomic mass is 15.3. The van der Waals surface area contributed by atoms with Crippen LogP contribution in [0.25, 0.3) is 0 Å². The summed E-state index contributed by atoms with van der Waals surface area (Å²) in [6.07, 6.45) is 2.51. The number of rotatable bonds is 4. The standard InChI is InChI=1S/C15H28N4/c1-12(2)8-14-10-19(7-5-6-16-14)11-15-9-13(3)17-18(15)4/h9,12,14,16H,5-8,10-11H2,1-4H3. The summed E-state index contributed by atoms with van der Waals surface area (Å²) < 4.78 is 2.02. The van der Waals surface area contributed by atoms with Crippen LogP contribution in [0.4, 0.5) is 0 Å². The third-order valence-corrected chi connectivity index (χ3v) is 3.80. The summed E-state index contributed by atoms with van der Waals surface area (Å²) in [6, 6.07) is 2.84. The van der Waals surface area contributed by atoms with Crippen LogP contribution in [0.2, 0.25) is 0 Å². The van der Waals surface area contributed by atoms with E-state index in [4.69, 9.17) is 0 Å². The van der Waals surface area contributed by atoms with Gasteiger partial charge < -0.3 is 5.32 Å². The maximum atomic E-state index is 4.44. The number of aryl methyl sites for hydroxylation is 2. The van der Waals surface area contributed by atoms with Crippen molar-refractivity contribution in [2.24, 2.45) is 13.0 Å². The van der Waals surface area contributed by atoms with E-state index in [1.807, 2.05) is 11.7 Å². The summed E-state index contributed by atoms with van der Waals surface area (Å²) in [5.41, 5.74) is 2.44. The Morgan fingerprint density at radius 1 is 1.47 bits per heavy atom. The topological polar surface area (TPSA) is 33.1 Å². The minimum atomic E-state index is 0.636. The summed E-state index contributed by atoms with van der Waals surface area (Å²) in [6.45, 7) is 11.2. The molecule has 1 aliphatic heterocycles. The van der Waals surface area contributed by atoms with Gasteiger partial charge in [-0.2, -0.15) is 5.10 Å². The fraction of sp³-hybridized carbons (Fsp3) is 0.800. The van der Waals surface area contributed by atoms with Crippen LogP contribution in [-0.2, 0) is 13.6 Å². The third-order valence-electron chi connectivity index (χ3n) is 3.80. The molecule has 1 fully saturated rings. The summed E-state index contributed by atoms with van der Waals surface area (Å²) in [7, 11) is 2.05. The van der Waals surface area contributed by atoms with E-state index in [0.29, 0.717) is 6.04 Å². The average molecular weight is 264 g/mol. The zero-order valence-electron chi connectivity index (χ0n) is 12.8. The molecule has 1 aromatic heterocycles. The van der Waals surface area contributed by atoms with Crippen LogP contribution < -0.4 is 5.32 Å². The van der Waals surface area contributed by atoms with Gasteiger partial charge in [0.15, 0.2) is 0 Å². The Morgan fingerprint density at radius 3 is 2.89 bits per heavy atom. The Balaban J connectivity index is 1.96. The fourth-order valence-corrected chi connectivity index (χ4v) is 2.99. The van der Waals surface area contributed by atoms with Crippen molar-refractivity contribution < 1.29 is 0 Å². The second-order valence-electron chi connectivity index (χ2n) is 6.27. The first-order chi connectivity index (χ1) is 9.04. The van der Waals surface area contributed by atoms with Crippen molar-refractivity contribution in [1.82, 2.24) is 20.0 Å². The van der Waals surface area contributed by atoms with Crippen LogP contribution in [0.3, 0.4) is 0 Å². The molecule has 1 N–H and O–H groups in total. The van der Waals surface area contributed by atoms with E-state index < -0.39 is 0 Å². The van der Waals surface area contributed by atoms with Gasteiger partial charge in [0.25, 0.3) is 0 Å². The number of hydrogen-bond acceptors (Lipinski definition) is 3. The smallest absolute Gasteiger partial charge is 0.0597 e. The van der Waals surface area contributed by atoms with Crippen molar-refractivity contribution in [3.8, 4) is 0 Å². The molecule has 0 radical (unpaired) electrons. The van der Waals surface area contributed by atoms with Crippen LogP contribution in [-0.4, -0.2) is 40.4 Å². The molecule has 2 heterocycles. The first kappa shape index (κ1) is 14.5. The van der Waals surface area contributed by atoms with Gasteiger partial charge in [-0.3, -0.25) is 9.58 Å². The molecular formula is C15H28N4. The second kappa shape index (κ2) is 6.53. The molecule has 1 aromatic rings. The molecule has 1 unspecified atom stereocenters. The lowest BCUT2D eigenvalue weighted by atomic mass is 10.0. The van der Waals surface area contributed by atoms with E-state index in [-0.39, 0.29) is 0 Å². The van der Waals surface area contributed by atoms with Gasteiger partial charge in [0.05, 0.1) is 11.4 Å². The van der Waals surface area contributed by atoms with E-state index >= 15 is 0 Å². The fourth-order valence-electron chi connectivity index (χ4n) is 2.99.